The Balaban J connectivity index is 1.43. The van der Waals surface area contributed by atoms with Crippen molar-refractivity contribution < 1.29 is 9.53 Å². The molecule has 1 aromatic heterocycles. The number of carbonyl (C=O) groups is 1. The van der Waals surface area contributed by atoms with Crippen molar-refractivity contribution in [1.82, 2.24) is 9.55 Å². The number of anilines is 1. The number of hydrogen-bond donors (Lipinski definition) is 0. The number of amides is 1. The molecule has 5 rings (SSSR count). The molecule has 0 atom stereocenters. The van der Waals surface area contributed by atoms with Gasteiger partial charge in [0.15, 0.2) is 6.61 Å². The summed E-state index contributed by atoms with van der Waals surface area (Å²) in [6, 6.07) is 32.5. The van der Waals surface area contributed by atoms with Crippen molar-refractivity contribution in [3.63, 3.8) is 0 Å². The monoisotopic (exact) mass is 517 g/mol. The molecule has 6 nitrogen and oxygen atoms in total. The fourth-order valence-corrected chi connectivity index (χ4v) is 4.80. The molecule has 4 aromatic carbocycles. The highest BCUT2D eigenvalue weighted by atomic mass is 16.5. The van der Waals surface area contributed by atoms with E-state index in [1.54, 1.807) is 9.47 Å². The van der Waals surface area contributed by atoms with Gasteiger partial charge >= 0.3 is 0 Å². The normalized spacial score (nSPS) is 10.9. The average molecular weight is 518 g/mol. The van der Waals surface area contributed by atoms with Gasteiger partial charge in [0.05, 0.1) is 10.9 Å². The van der Waals surface area contributed by atoms with Crippen LogP contribution in [-0.2, 0) is 11.3 Å². The van der Waals surface area contributed by atoms with Crippen LogP contribution in [0.25, 0.3) is 22.3 Å². The molecule has 0 aliphatic heterocycles. The van der Waals surface area contributed by atoms with Crippen LogP contribution in [0.15, 0.2) is 108 Å². The van der Waals surface area contributed by atoms with Crippen LogP contribution >= 0.6 is 0 Å². The van der Waals surface area contributed by atoms with E-state index in [-0.39, 0.29) is 18.1 Å². The third kappa shape index (κ3) is 5.91. The lowest BCUT2D eigenvalue weighted by atomic mass is 10.1. The Kier molecular flexibility index (Phi) is 7.83. The first-order chi connectivity index (χ1) is 19.0. The molecule has 0 bridgehead atoms. The van der Waals surface area contributed by atoms with Crippen molar-refractivity contribution in [2.45, 2.75) is 26.8 Å². The number of aromatic nitrogens is 2. The van der Waals surface area contributed by atoms with Crippen LogP contribution in [0.2, 0.25) is 0 Å². The number of para-hydroxylation sites is 2. The average Bonchev–Trinajstić information content (AvgIpc) is 2.96. The number of ether oxygens (including phenoxy) is 1. The van der Waals surface area contributed by atoms with Gasteiger partial charge in [-0.15, -0.1) is 0 Å². The van der Waals surface area contributed by atoms with Gasteiger partial charge in [-0.05, 0) is 56.2 Å². The summed E-state index contributed by atoms with van der Waals surface area (Å²) in [5, 5.41) is 0.579. The standard InChI is InChI=1S/C33H31N3O3/c1-24-18-19-30(25(2)22-24)35(31(37)23-39-27-14-7-4-8-15-27)20-11-21-36-32(26-12-5-3-6-13-26)34-29-17-10-9-16-28(29)33(36)38/h3-10,12-19,22H,11,20-21,23H2,1-2H3. The summed E-state index contributed by atoms with van der Waals surface area (Å²) in [4.78, 5) is 33.6. The zero-order chi connectivity index (χ0) is 27.2. The molecule has 1 heterocycles. The highest BCUT2D eigenvalue weighted by Gasteiger charge is 2.19. The first-order valence-electron chi connectivity index (χ1n) is 13.1. The molecule has 1 amide bonds. The van der Waals surface area contributed by atoms with E-state index in [1.807, 2.05) is 111 Å². The molecular weight excluding hydrogens is 486 g/mol. The van der Waals surface area contributed by atoms with Crippen LogP contribution in [0.3, 0.4) is 0 Å². The van der Waals surface area contributed by atoms with E-state index >= 15 is 0 Å². The van der Waals surface area contributed by atoms with E-state index in [4.69, 9.17) is 9.72 Å². The maximum absolute atomic E-state index is 13.6. The van der Waals surface area contributed by atoms with Gasteiger partial charge in [0.25, 0.3) is 11.5 Å². The molecule has 0 spiro atoms. The molecule has 0 saturated heterocycles. The fraction of sp³-hybridized carbons (Fsp3) is 0.182. The fourth-order valence-electron chi connectivity index (χ4n) is 4.80. The highest BCUT2D eigenvalue weighted by Crippen LogP contribution is 2.23. The number of aryl methyl sites for hydroxylation is 2. The van der Waals surface area contributed by atoms with Crippen molar-refractivity contribution in [2.75, 3.05) is 18.1 Å². The molecule has 0 N–H and O–H groups in total. The maximum Gasteiger partial charge on any atom is 0.264 e. The van der Waals surface area contributed by atoms with Crippen molar-refractivity contribution in [3.8, 4) is 17.1 Å². The largest absolute Gasteiger partial charge is 0.484 e. The molecule has 0 unspecified atom stereocenters. The first kappa shape index (κ1) is 25.9. The topological polar surface area (TPSA) is 64.4 Å². The minimum Gasteiger partial charge on any atom is -0.484 e. The van der Waals surface area contributed by atoms with Crippen LogP contribution in [0, 0.1) is 13.8 Å². The highest BCUT2D eigenvalue weighted by molar-refractivity contribution is 5.95. The third-order valence-electron chi connectivity index (χ3n) is 6.71. The molecule has 39 heavy (non-hydrogen) atoms. The van der Waals surface area contributed by atoms with E-state index in [2.05, 4.69) is 6.07 Å². The third-order valence-corrected chi connectivity index (χ3v) is 6.71. The van der Waals surface area contributed by atoms with Gasteiger partial charge < -0.3 is 9.64 Å². The van der Waals surface area contributed by atoms with E-state index in [0.717, 1.165) is 22.4 Å². The second-order valence-corrected chi connectivity index (χ2v) is 9.57. The van der Waals surface area contributed by atoms with Crippen molar-refractivity contribution in [1.29, 1.82) is 0 Å². The Morgan fingerprint density at radius 2 is 1.56 bits per heavy atom. The van der Waals surface area contributed by atoms with Gasteiger partial charge in [0.2, 0.25) is 0 Å². The number of benzene rings is 4. The molecule has 5 aromatic rings. The Labute approximate surface area is 228 Å². The van der Waals surface area contributed by atoms with Crippen LogP contribution in [0.5, 0.6) is 5.75 Å². The predicted molar refractivity (Wildman–Crippen MR) is 156 cm³/mol. The van der Waals surface area contributed by atoms with Gasteiger partial charge in [0.1, 0.15) is 11.6 Å². The predicted octanol–water partition coefficient (Wildman–Crippen LogP) is 6.18. The summed E-state index contributed by atoms with van der Waals surface area (Å²) < 4.78 is 7.51. The Bertz CT molecular complexity index is 1650. The molecular formula is C33H31N3O3. The summed E-state index contributed by atoms with van der Waals surface area (Å²) in [6.45, 7) is 4.80. The summed E-state index contributed by atoms with van der Waals surface area (Å²) in [5.41, 5.74) is 4.44. The molecule has 0 radical (unpaired) electrons. The number of rotatable bonds is 9. The SMILES string of the molecule is Cc1ccc(N(CCCn2c(-c3ccccc3)nc3ccccc3c2=O)C(=O)COc2ccccc2)c(C)c1. The van der Waals surface area contributed by atoms with E-state index in [9.17, 15) is 9.59 Å². The summed E-state index contributed by atoms with van der Waals surface area (Å²) in [6.07, 6.45) is 0.560. The van der Waals surface area contributed by atoms with Crippen LogP contribution < -0.4 is 15.2 Å². The second kappa shape index (κ2) is 11.8. The van der Waals surface area contributed by atoms with Gasteiger partial charge in [0, 0.05) is 24.3 Å². The van der Waals surface area contributed by atoms with Gasteiger partial charge in [-0.1, -0.05) is 78.4 Å². The minimum atomic E-state index is -0.141. The molecule has 0 fully saturated rings. The lowest BCUT2D eigenvalue weighted by molar-refractivity contribution is -0.120. The van der Waals surface area contributed by atoms with E-state index < -0.39 is 0 Å². The molecule has 196 valence electrons. The Morgan fingerprint density at radius 3 is 2.31 bits per heavy atom. The zero-order valence-electron chi connectivity index (χ0n) is 22.2. The van der Waals surface area contributed by atoms with Crippen molar-refractivity contribution >= 4 is 22.5 Å². The molecule has 0 aliphatic rings. The quantitative estimate of drug-likeness (QED) is 0.234. The molecule has 0 saturated carbocycles. The maximum atomic E-state index is 13.6. The van der Waals surface area contributed by atoms with E-state index in [1.165, 1.54) is 0 Å². The van der Waals surface area contributed by atoms with E-state index in [0.29, 0.717) is 42.0 Å². The van der Waals surface area contributed by atoms with Gasteiger partial charge in [-0.3, -0.25) is 14.2 Å². The Morgan fingerprint density at radius 1 is 0.872 bits per heavy atom. The van der Waals surface area contributed by atoms with Crippen LogP contribution in [0.1, 0.15) is 17.5 Å². The van der Waals surface area contributed by atoms with Gasteiger partial charge in [-0.25, -0.2) is 4.98 Å². The smallest absolute Gasteiger partial charge is 0.264 e. The van der Waals surface area contributed by atoms with Crippen LogP contribution in [0.4, 0.5) is 5.69 Å². The number of fused-ring (bicyclic) bond motifs is 1. The van der Waals surface area contributed by atoms with Crippen LogP contribution in [-0.4, -0.2) is 28.6 Å². The number of hydrogen-bond acceptors (Lipinski definition) is 4. The first-order valence-corrected chi connectivity index (χ1v) is 13.1. The minimum absolute atomic E-state index is 0.0793. The number of nitrogens with zero attached hydrogens (tertiary/aromatic N) is 3. The lowest BCUT2D eigenvalue weighted by Gasteiger charge is -2.25. The van der Waals surface area contributed by atoms with Crippen molar-refractivity contribution in [3.05, 3.63) is 125 Å². The summed E-state index contributed by atoms with van der Waals surface area (Å²) in [5.74, 6) is 1.13. The van der Waals surface area contributed by atoms with Gasteiger partial charge in [-0.2, -0.15) is 0 Å². The molecule has 0 aliphatic carbocycles. The summed E-state index contributed by atoms with van der Waals surface area (Å²) in [7, 11) is 0. The zero-order valence-corrected chi connectivity index (χ0v) is 22.2. The lowest BCUT2D eigenvalue weighted by Crippen LogP contribution is -2.37. The molecule has 6 heteroatoms. The van der Waals surface area contributed by atoms with Crippen molar-refractivity contribution in [2.24, 2.45) is 0 Å². The summed E-state index contributed by atoms with van der Waals surface area (Å²) >= 11 is 0. The number of carbonyl (C=O) groups excluding carboxylic acids is 1. The second-order valence-electron chi connectivity index (χ2n) is 9.57. The Hall–Kier alpha value is -4.71.